The molecule has 164 valence electrons. The lowest BCUT2D eigenvalue weighted by Crippen LogP contribution is -2.58. The van der Waals surface area contributed by atoms with E-state index in [-0.39, 0.29) is 5.78 Å². The lowest BCUT2D eigenvalue weighted by atomic mass is 9.65. The highest BCUT2D eigenvalue weighted by molar-refractivity contribution is 6.31. The van der Waals surface area contributed by atoms with Crippen molar-refractivity contribution in [2.24, 2.45) is 10.5 Å². The molecule has 3 heterocycles. The van der Waals surface area contributed by atoms with Crippen molar-refractivity contribution < 1.29 is 23.9 Å². The number of benzene rings is 2. The fourth-order valence-electron chi connectivity index (χ4n) is 5.23. The van der Waals surface area contributed by atoms with Gasteiger partial charge in [0.15, 0.2) is 5.78 Å². The standard InChI is InChI=1S/C24H21ClN2O5/c1-13(28)19-18(16-10-6-7-11-17(16)25)24(21(29)31-23(2,3)32-22(24)30)20-15-9-5-4-8-14(15)12-26-27(19)20/h4-12,18-20H,1-3H3/t18-,19-,20+/m0/s1. The monoisotopic (exact) mass is 452 g/mol. The van der Waals surface area contributed by atoms with E-state index >= 15 is 0 Å². The third-order valence-corrected chi connectivity index (χ3v) is 6.76. The highest BCUT2D eigenvalue weighted by Gasteiger charge is 2.75. The number of hydrogen-bond acceptors (Lipinski definition) is 7. The third kappa shape index (κ3) is 2.67. The Kier molecular flexibility index (Phi) is 4.47. The Morgan fingerprint density at radius 3 is 2.22 bits per heavy atom. The molecule has 0 aliphatic carbocycles. The number of esters is 2. The highest BCUT2D eigenvalue weighted by Crippen LogP contribution is 2.63. The van der Waals surface area contributed by atoms with Gasteiger partial charge in [0.2, 0.25) is 5.41 Å². The van der Waals surface area contributed by atoms with Gasteiger partial charge in [-0.25, -0.2) is 0 Å². The van der Waals surface area contributed by atoms with Gasteiger partial charge in [0.1, 0.15) is 12.1 Å². The summed E-state index contributed by atoms with van der Waals surface area (Å²) in [6.07, 6.45) is 1.63. The van der Waals surface area contributed by atoms with Gasteiger partial charge in [-0.15, -0.1) is 0 Å². The molecule has 0 amide bonds. The SMILES string of the molecule is CC(=O)[C@H]1[C@H](c2ccccc2Cl)C2(C(=O)OC(C)(C)OC2=O)[C@H]2c3ccccc3C=NN12. The van der Waals surface area contributed by atoms with E-state index in [0.717, 1.165) is 5.56 Å². The maximum absolute atomic E-state index is 13.8. The number of ketones is 1. The van der Waals surface area contributed by atoms with Crippen LogP contribution >= 0.6 is 11.6 Å². The molecule has 5 rings (SSSR count). The molecule has 2 fully saturated rings. The Bertz CT molecular complexity index is 1170. The van der Waals surface area contributed by atoms with Crippen molar-refractivity contribution in [1.29, 1.82) is 0 Å². The van der Waals surface area contributed by atoms with E-state index in [1.807, 2.05) is 24.3 Å². The van der Waals surface area contributed by atoms with E-state index in [4.69, 9.17) is 21.1 Å². The van der Waals surface area contributed by atoms with Gasteiger partial charge in [-0.1, -0.05) is 54.1 Å². The molecule has 2 saturated heterocycles. The van der Waals surface area contributed by atoms with Crippen LogP contribution in [0.3, 0.4) is 0 Å². The van der Waals surface area contributed by atoms with Crippen molar-refractivity contribution in [1.82, 2.24) is 5.01 Å². The molecule has 32 heavy (non-hydrogen) atoms. The molecule has 7 nitrogen and oxygen atoms in total. The second kappa shape index (κ2) is 6.90. The van der Waals surface area contributed by atoms with Crippen LogP contribution in [0, 0.1) is 5.41 Å². The predicted molar refractivity (Wildman–Crippen MR) is 116 cm³/mol. The van der Waals surface area contributed by atoms with Crippen LogP contribution in [0.25, 0.3) is 0 Å². The number of Topliss-reactive ketones (excluding diaryl/α,β-unsaturated/α-hetero) is 1. The van der Waals surface area contributed by atoms with Crippen molar-refractivity contribution in [3.8, 4) is 0 Å². The molecular weight excluding hydrogens is 432 g/mol. The number of ether oxygens (including phenoxy) is 2. The van der Waals surface area contributed by atoms with Crippen LogP contribution in [0.2, 0.25) is 5.02 Å². The van der Waals surface area contributed by atoms with Crippen LogP contribution in [0.5, 0.6) is 0 Å². The number of hydrazone groups is 1. The third-order valence-electron chi connectivity index (χ3n) is 6.42. The van der Waals surface area contributed by atoms with E-state index < -0.39 is 41.1 Å². The zero-order valence-electron chi connectivity index (χ0n) is 17.7. The molecule has 3 aliphatic rings. The number of rotatable bonds is 2. The maximum Gasteiger partial charge on any atom is 0.330 e. The molecule has 0 radical (unpaired) electrons. The second-order valence-electron chi connectivity index (χ2n) is 8.76. The molecule has 0 bridgehead atoms. The summed E-state index contributed by atoms with van der Waals surface area (Å²) < 4.78 is 11.3. The average molecular weight is 453 g/mol. The fourth-order valence-corrected chi connectivity index (χ4v) is 5.49. The lowest BCUT2D eigenvalue weighted by molar-refractivity contribution is -0.254. The Balaban J connectivity index is 1.85. The first kappa shape index (κ1) is 20.7. The van der Waals surface area contributed by atoms with Crippen molar-refractivity contribution in [2.75, 3.05) is 0 Å². The first-order valence-corrected chi connectivity index (χ1v) is 10.7. The molecule has 2 aromatic carbocycles. The Morgan fingerprint density at radius 1 is 1.00 bits per heavy atom. The van der Waals surface area contributed by atoms with Crippen molar-refractivity contribution in [2.45, 2.75) is 44.6 Å². The molecular formula is C24H21ClN2O5. The predicted octanol–water partition coefficient (Wildman–Crippen LogP) is 3.61. The fraction of sp³-hybridized carbons (Fsp3) is 0.333. The van der Waals surface area contributed by atoms with Gasteiger partial charge in [-0.3, -0.25) is 19.4 Å². The Morgan fingerprint density at radius 2 is 1.59 bits per heavy atom. The summed E-state index contributed by atoms with van der Waals surface area (Å²) >= 11 is 6.55. The topological polar surface area (TPSA) is 85.3 Å². The van der Waals surface area contributed by atoms with E-state index in [1.54, 1.807) is 35.5 Å². The van der Waals surface area contributed by atoms with Gasteiger partial charge in [0.05, 0.1) is 6.21 Å². The maximum atomic E-state index is 13.8. The van der Waals surface area contributed by atoms with Crippen LogP contribution in [0.1, 0.15) is 49.4 Å². The van der Waals surface area contributed by atoms with Crippen molar-refractivity contribution in [3.63, 3.8) is 0 Å². The van der Waals surface area contributed by atoms with E-state index in [1.165, 1.54) is 20.8 Å². The molecule has 8 heteroatoms. The normalized spacial score (nSPS) is 26.9. The quantitative estimate of drug-likeness (QED) is 0.511. The van der Waals surface area contributed by atoms with Crippen LogP contribution in [-0.2, 0) is 23.9 Å². The summed E-state index contributed by atoms with van der Waals surface area (Å²) in [6.45, 7) is 4.43. The smallest absolute Gasteiger partial charge is 0.330 e. The number of cyclic esters (lactones) is 2. The minimum atomic E-state index is -1.87. The van der Waals surface area contributed by atoms with E-state index in [9.17, 15) is 14.4 Å². The van der Waals surface area contributed by atoms with Gasteiger partial charge in [-0.05, 0) is 29.7 Å². The molecule has 2 aromatic rings. The largest absolute Gasteiger partial charge is 0.422 e. The zero-order chi connectivity index (χ0) is 22.8. The van der Waals surface area contributed by atoms with Gasteiger partial charge in [0, 0.05) is 24.8 Å². The number of fused-ring (bicyclic) bond motifs is 4. The minimum absolute atomic E-state index is 0.251. The number of carbonyl (C=O) groups is 3. The van der Waals surface area contributed by atoms with Crippen LogP contribution in [0.15, 0.2) is 53.6 Å². The van der Waals surface area contributed by atoms with Crippen LogP contribution in [-0.4, -0.2) is 40.8 Å². The molecule has 0 N–H and O–H groups in total. The molecule has 0 saturated carbocycles. The van der Waals surface area contributed by atoms with Crippen LogP contribution in [0.4, 0.5) is 0 Å². The molecule has 3 atom stereocenters. The summed E-state index contributed by atoms with van der Waals surface area (Å²) in [4.78, 5) is 40.6. The second-order valence-corrected chi connectivity index (χ2v) is 9.17. The first-order chi connectivity index (χ1) is 15.2. The first-order valence-electron chi connectivity index (χ1n) is 10.3. The summed E-state index contributed by atoms with van der Waals surface area (Å²) in [6, 6.07) is 12.4. The van der Waals surface area contributed by atoms with E-state index in [2.05, 4.69) is 5.10 Å². The van der Waals surface area contributed by atoms with Crippen molar-refractivity contribution >= 4 is 35.5 Å². The Hall–Kier alpha value is -3.19. The minimum Gasteiger partial charge on any atom is -0.422 e. The summed E-state index contributed by atoms with van der Waals surface area (Å²) in [5.74, 6) is -4.15. The van der Waals surface area contributed by atoms with Crippen LogP contribution < -0.4 is 0 Å². The molecule has 0 unspecified atom stereocenters. The van der Waals surface area contributed by atoms with Gasteiger partial charge in [-0.2, -0.15) is 5.10 Å². The number of carbonyl (C=O) groups excluding carboxylic acids is 3. The van der Waals surface area contributed by atoms with Gasteiger partial charge in [0.25, 0.3) is 5.79 Å². The zero-order valence-corrected chi connectivity index (χ0v) is 18.5. The van der Waals surface area contributed by atoms with Gasteiger partial charge < -0.3 is 9.47 Å². The number of nitrogens with zero attached hydrogens (tertiary/aromatic N) is 2. The lowest BCUT2D eigenvalue weighted by Gasteiger charge is -2.44. The summed E-state index contributed by atoms with van der Waals surface area (Å²) in [7, 11) is 0. The van der Waals surface area contributed by atoms with E-state index in [0.29, 0.717) is 16.1 Å². The summed E-state index contributed by atoms with van der Waals surface area (Å²) in [5.41, 5.74) is 0.0627. The average Bonchev–Trinajstić information content (AvgIpc) is 3.05. The number of hydrogen-bond donors (Lipinski definition) is 0. The van der Waals surface area contributed by atoms with Gasteiger partial charge >= 0.3 is 11.9 Å². The Labute approximate surface area is 189 Å². The molecule has 1 spiro atoms. The number of halogens is 1. The van der Waals surface area contributed by atoms with Crippen molar-refractivity contribution in [3.05, 3.63) is 70.2 Å². The molecule has 3 aliphatic heterocycles. The molecule has 0 aromatic heterocycles. The highest BCUT2D eigenvalue weighted by atomic mass is 35.5. The summed E-state index contributed by atoms with van der Waals surface area (Å²) in [5, 5.41) is 6.40.